The molecule has 0 spiro atoms. The van der Waals surface area contributed by atoms with Crippen molar-refractivity contribution < 1.29 is 9.53 Å². The Morgan fingerprint density at radius 1 is 1.56 bits per heavy atom. The average molecular weight is 307 g/mol. The van der Waals surface area contributed by atoms with Crippen molar-refractivity contribution in [2.75, 3.05) is 13.7 Å². The number of nitrogens with one attached hydrogen (secondary N) is 1. The monoisotopic (exact) mass is 305 g/mol. The Labute approximate surface area is 108 Å². The zero-order valence-corrected chi connectivity index (χ0v) is 11.3. The highest BCUT2D eigenvalue weighted by Gasteiger charge is 2.02. The smallest absolute Gasteiger partial charge is 0.306 e. The van der Waals surface area contributed by atoms with Crippen molar-refractivity contribution in [2.24, 2.45) is 0 Å². The second-order valence-electron chi connectivity index (χ2n) is 3.24. The summed E-state index contributed by atoms with van der Waals surface area (Å²) < 4.78 is 5.52. The Morgan fingerprint density at radius 2 is 2.31 bits per heavy atom. The van der Waals surface area contributed by atoms with Gasteiger partial charge >= 0.3 is 5.97 Å². The summed E-state index contributed by atoms with van der Waals surface area (Å²) in [6.45, 7) is 1.21. The molecule has 0 saturated heterocycles. The lowest BCUT2D eigenvalue weighted by Crippen LogP contribution is -2.18. The number of esters is 1. The zero-order chi connectivity index (χ0) is 12.0. The van der Waals surface area contributed by atoms with Crippen LogP contribution in [-0.2, 0) is 16.1 Å². The highest BCUT2D eigenvalue weighted by atomic mass is 79.9. The van der Waals surface area contributed by atoms with Gasteiger partial charge in [0.1, 0.15) is 0 Å². The molecule has 0 unspecified atom stereocenters. The van der Waals surface area contributed by atoms with Crippen LogP contribution in [0.1, 0.15) is 12.0 Å². The topological polar surface area (TPSA) is 38.3 Å². The van der Waals surface area contributed by atoms with E-state index in [1.54, 1.807) is 0 Å². The third-order valence-corrected chi connectivity index (χ3v) is 2.92. The Kier molecular flexibility index (Phi) is 5.80. The molecule has 0 fully saturated rings. The molecule has 0 amide bonds. The number of rotatable bonds is 5. The lowest BCUT2D eigenvalue weighted by atomic mass is 10.2. The first-order valence-corrected chi connectivity index (χ1v) is 6.02. The third kappa shape index (κ3) is 4.51. The second kappa shape index (κ2) is 6.89. The molecule has 0 aliphatic rings. The Morgan fingerprint density at radius 3 is 3.00 bits per heavy atom. The van der Waals surface area contributed by atoms with Crippen molar-refractivity contribution >= 4 is 33.5 Å². The van der Waals surface area contributed by atoms with Gasteiger partial charge in [-0.25, -0.2) is 0 Å². The maximum absolute atomic E-state index is 10.8. The van der Waals surface area contributed by atoms with E-state index in [1.165, 1.54) is 7.11 Å². The number of ether oxygens (including phenoxy) is 1. The molecule has 3 nitrogen and oxygen atoms in total. The molecule has 0 radical (unpaired) electrons. The fourth-order valence-electron chi connectivity index (χ4n) is 1.19. The van der Waals surface area contributed by atoms with Crippen molar-refractivity contribution in [1.29, 1.82) is 0 Å². The molecule has 0 heterocycles. The van der Waals surface area contributed by atoms with Crippen LogP contribution in [0.15, 0.2) is 22.7 Å². The van der Waals surface area contributed by atoms with E-state index in [-0.39, 0.29) is 5.97 Å². The highest BCUT2D eigenvalue weighted by Crippen LogP contribution is 2.20. The van der Waals surface area contributed by atoms with Crippen LogP contribution in [0.3, 0.4) is 0 Å². The summed E-state index contributed by atoms with van der Waals surface area (Å²) in [4.78, 5) is 10.8. The van der Waals surface area contributed by atoms with Crippen molar-refractivity contribution in [3.8, 4) is 0 Å². The summed E-state index contributed by atoms with van der Waals surface area (Å²) in [5.74, 6) is -0.215. The summed E-state index contributed by atoms with van der Waals surface area (Å²) in [6, 6.07) is 5.68. The Hall–Kier alpha value is -0.580. The largest absolute Gasteiger partial charge is 0.469 e. The third-order valence-electron chi connectivity index (χ3n) is 2.06. The first kappa shape index (κ1) is 13.5. The first-order chi connectivity index (χ1) is 7.63. The molecule has 0 saturated carbocycles. The van der Waals surface area contributed by atoms with Crippen LogP contribution in [0.2, 0.25) is 5.02 Å². The maximum atomic E-state index is 10.8. The van der Waals surface area contributed by atoms with E-state index in [2.05, 4.69) is 26.0 Å². The van der Waals surface area contributed by atoms with Crippen molar-refractivity contribution in [3.63, 3.8) is 0 Å². The van der Waals surface area contributed by atoms with Crippen LogP contribution in [0.4, 0.5) is 0 Å². The van der Waals surface area contributed by atoms with Gasteiger partial charge in [0.25, 0.3) is 0 Å². The Bertz CT molecular complexity index is 371. The van der Waals surface area contributed by atoms with E-state index in [1.807, 2.05) is 18.2 Å². The molecule has 0 aromatic heterocycles. The van der Waals surface area contributed by atoms with E-state index in [0.717, 1.165) is 10.0 Å². The lowest BCUT2D eigenvalue weighted by molar-refractivity contribution is -0.140. The average Bonchev–Trinajstić information content (AvgIpc) is 2.28. The normalized spacial score (nSPS) is 10.2. The molecule has 0 atom stereocenters. The number of carbonyl (C=O) groups excluding carboxylic acids is 1. The first-order valence-electron chi connectivity index (χ1n) is 4.85. The van der Waals surface area contributed by atoms with Gasteiger partial charge < -0.3 is 10.1 Å². The molecule has 1 aromatic rings. The number of benzene rings is 1. The molecular formula is C11H13BrClNO2. The van der Waals surface area contributed by atoms with Gasteiger partial charge in [0, 0.05) is 22.6 Å². The minimum Gasteiger partial charge on any atom is -0.469 e. The van der Waals surface area contributed by atoms with E-state index in [9.17, 15) is 4.79 Å². The van der Waals surface area contributed by atoms with Crippen LogP contribution >= 0.6 is 27.5 Å². The van der Waals surface area contributed by atoms with Crippen molar-refractivity contribution in [2.45, 2.75) is 13.0 Å². The molecule has 88 valence electrons. The predicted molar refractivity (Wildman–Crippen MR) is 67.5 cm³/mol. The molecule has 1 N–H and O–H groups in total. The van der Waals surface area contributed by atoms with Crippen LogP contribution in [0, 0.1) is 0 Å². The number of hydrogen-bond acceptors (Lipinski definition) is 3. The van der Waals surface area contributed by atoms with E-state index < -0.39 is 0 Å². The van der Waals surface area contributed by atoms with Gasteiger partial charge in [-0.15, -0.1) is 0 Å². The zero-order valence-electron chi connectivity index (χ0n) is 8.93. The Balaban J connectivity index is 2.37. The summed E-state index contributed by atoms with van der Waals surface area (Å²) in [5.41, 5.74) is 1.00. The molecule has 0 aliphatic carbocycles. The van der Waals surface area contributed by atoms with Gasteiger partial charge in [0.05, 0.1) is 13.5 Å². The van der Waals surface area contributed by atoms with Crippen LogP contribution in [-0.4, -0.2) is 19.6 Å². The second-order valence-corrected chi connectivity index (χ2v) is 4.56. The van der Waals surface area contributed by atoms with Crippen LogP contribution in [0.5, 0.6) is 0 Å². The molecular weight excluding hydrogens is 293 g/mol. The summed E-state index contributed by atoms with van der Waals surface area (Å²) >= 11 is 9.39. The van der Waals surface area contributed by atoms with E-state index in [0.29, 0.717) is 24.5 Å². The van der Waals surface area contributed by atoms with Crippen LogP contribution < -0.4 is 5.32 Å². The molecule has 1 rings (SSSR count). The molecule has 1 aromatic carbocycles. The van der Waals surface area contributed by atoms with Gasteiger partial charge in [0.15, 0.2) is 0 Å². The number of hydrogen-bond donors (Lipinski definition) is 1. The summed E-state index contributed by atoms with van der Waals surface area (Å²) in [5, 5.41) is 3.85. The quantitative estimate of drug-likeness (QED) is 0.671. The van der Waals surface area contributed by atoms with Crippen molar-refractivity contribution in [1.82, 2.24) is 5.32 Å². The minimum absolute atomic E-state index is 0.215. The SMILES string of the molecule is COC(=O)CCNCc1cc(Br)ccc1Cl. The molecule has 0 aliphatic heterocycles. The van der Waals surface area contributed by atoms with E-state index >= 15 is 0 Å². The van der Waals surface area contributed by atoms with Gasteiger partial charge in [-0.1, -0.05) is 27.5 Å². The fourth-order valence-corrected chi connectivity index (χ4v) is 1.79. The molecule has 0 bridgehead atoms. The van der Waals surface area contributed by atoms with Crippen molar-refractivity contribution in [3.05, 3.63) is 33.3 Å². The van der Waals surface area contributed by atoms with Gasteiger partial charge in [-0.05, 0) is 23.8 Å². The predicted octanol–water partition coefficient (Wildman–Crippen LogP) is 2.76. The van der Waals surface area contributed by atoms with Crippen LogP contribution in [0.25, 0.3) is 0 Å². The maximum Gasteiger partial charge on any atom is 0.306 e. The number of methoxy groups -OCH3 is 1. The van der Waals surface area contributed by atoms with Gasteiger partial charge in [-0.3, -0.25) is 4.79 Å². The standard InChI is InChI=1S/C11H13BrClNO2/c1-16-11(15)4-5-14-7-8-6-9(12)2-3-10(8)13/h2-3,6,14H,4-5,7H2,1H3. The molecule has 5 heteroatoms. The summed E-state index contributed by atoms with van der Waals surface area (Å²) in [6.07, 6.45) is 0.363. The number of halogens is 2. The van der Waals surface area contributed by atoms with E-state index in [4.69, 9.17) is 11.6 Å². The van der Waals surface area contributed by atoms with Gasteiger partial charge in [-0.2, -0.15) is 0 Å². The van der Waals surface area contributed by atoms with Gasteiger partial charge in [0.2, 0.25) is 0 Å². The number of carbonyl (C=O) groups is 1. The highest BCUT2D eigenvalue weighted by molar-refractivity contribution is 9.10. The molecule has 16 heavy (non-hydrogen) atoms. The summed E-state index contributed by atoms with van der Waals surface area (Å²) in [7, 11) is 1.38. The fraction of sp³-hybridized carbons (Fsp3) is 0.364. The lowest BCUT2D eigenvalue weighted by Gasteiger charge is -2.06. The minimum atomic E-state index is -0.215.